The number of aryl methyl sites for hydroxylation is 2. The molecule has 0 amide bonds. The zero-order valence-electron chi connectivity index (χ0n) is 14.7. The molecular weight excluding hydrogens is 394 g/mol. The Hall–Kier alpha value is -1.80. The normalized spacial score (nSPS) is 13.7. The van der Waals surface area contributed by atoms with Crippen molar-refractivity contribution in [2.24, 2.45) is 0 Å². The van der Waals surface area contributed by atoms with Crippen LogP contribution in [-0.4, -0.2) is 14.9 Å². The Balaban J connectivity index is 1.45. The van der Waals surface area contributed by atoms with Crippen molar-refractivity contribution in [1.29, 1.82) is 0 Å². The zero-order valence-corrected chi connectivity index (χ0v) is 17.2. The van der Waals surface area contributed by atoms with Gasteiger partial charge in [-0.25, -0.2) is 4.98 Å². The van der Waals surface area contributed by atoms with Crippen LogP contribution in [0.5, 0.6) is 0 Å². The third kappa shape index (κ3) is 3.52. The van der Waals surface area contributed by atoms with Crippen molar-refractivity contribution < 1.29 is 0 Å². The van der Waals surface area contributed by atoms with Gasteiger partial charge >= 0.3 is 0 Å². The van der Waals surface area contributed by atoms with Gasteiger partial charge in [-0.2, -0.15) is 0 Å². The van der Waals surface area contributed by atoms with E-state index in [9.17, 15) is 4.79 Å². The van der Waals surface area contributed by atoms with Crippen molar-refractivity contribution in [2.45, 2.75) is 38.9 Å². The number of nitrogens with one attached hydrogen (secondary N) is 1. The molecule has 0 unspecified atom stereocenters. The number of nitrogens with zero attached hydrogens (tertiary/aromatic N) is 2. The fourth-order valence-corrected chi connectivity index (χ4v) is 6.52. The second-order valence-corrected chi connectivity index (χ2v) is 10.0. The lowest BCUT2D eigenvalue weighted by atomic mass is 10.2. The molecule has 0 saturated carbocycles. The summed E-state index contributed by atoms with van der Waals surface area (Å²) in [4.78, 5) is 27.9. The van der Waals surface area contributed by atoms with Gasteiger partial charge in [0.15, 0.2) is 0 Å². The van der Waals surface area contributed by atoms with Crippen LogP contribution in [0.4, 0.5) is 0 Å². The number of aromatic amines is 1. The highest BCUT2D eigenvalue weighted by atomic mass is 32.1. The highest BCUT2D eigenvalue weighted by molar-refractivity contribution is 7.18. The predicted molar refractivity (Wildman–Crippen MR) is 114 cm³/mol. The number of fused-ring (bicyclic) bond motifs is 3. The van der Waals surface area contributed by atoms with Crippen molar-refractivity contribution in [3.63, 3.8) is 0 Å². The lowest BCUT2D eigenvalue weighted by Gasteiger charge is -2.20. The average Bonchev–Trinajstić information content (AvgIpc) is 3.39. The summed E-state index contributed by atoms with van der Waals surface area (Å²) in [5, 5.41) is 5.05. The van der Waals surface area contributed by atoms with Crippen molar-refractivity contribution in [2.75, 3.05) is 0 Å². The zero-order chi connectivity index (χ0) is 18.2. The van der Waals surface area contributed by atoms with Gasteiger partial charge in [-0.3, -0.25) is 9.69 Å². The van der Waals surface area contributed by atoms with E-state index in [1.807, 2.05) is 0 Å². The van der Waals surface area contributed by atoms with Crippen LogP contribution in [0.3, 0.4) is 0 Å². The molecule has 0 radical (unpaired) electrons. The fraction of sp³-hybridized carbons (Fsp3) is 0.300. The Kier molecular flexibility index (Phi) is 4.69. The predicted octanol–water partition coefficient (Wildman–Crippen LogP) is 4.80. The van der Waals surface area contributed by atoms with Gasteiger partial charge in [-0.15, -0.1) is 34.0 Å². The third-order valence-electron chi connectivity index (χ3n) is 4.92. The van der Waals surface area contributed by atoms with Gasteiger partial charge in [-0.05, 0) is 47.7 Å². The molecule has 1 N–H and O–H groups in total. The minimum absolute atomic E-state index is 0.0293. The molecule has 0 bridgehead atoms. The molecule has 5 rings (SSSR count). The summed E-state index contributed by atoms with van der Waals surface area (Å²) in [5.41, 5.74) is 1.27. The SMILES string of the molecule is O=c1[nH]c(CN(Cc2cccs2)Cc2cccs2)nc2sc3c(c12)CCC3. The van der Waals surface area contributed by atoms with Crippen LogP contribution < -0.4 is 5.56 Å². The van der Waals surface area contributed by atoms with Gasteiger partial charge in [0.25, 0.3) is 5.56 Å². The van der Waals surface area contributed by atoms with Crippen LogP contribution in [0.25, 0.3) is 10.2 Å². The summed E-state index contributed by atoms with van der Waals surface area (Å²) < 4.78 is 0. The van der Waals surface area contributed by atoms with Crippen molar-refractivity contribution in [3.8, 4) is 0 Å². The summed E-state index contributed by atoms with van der Waals surface area (Å²) in [6, 6.07) is 8.50. The van der Waals surface area contributed by atoms with Crippen molar-refractivity contribution in [1.82, 2.24) is 14.9 Å². The highest BCUT2D eigenvalue weighted by Gasteiger charge is 2.21. The lowest BCUT2D eigenvalue weighted by molar-refractivity contribution is 0.246. The second kappa shape index (κ2) is 7.31. The topological polar surface area (TPSA) is 49.0 Å². The van der Waals surface area contributed by atoms with Gasteiger partial charge in [0.2, 0.25) is 0 Å². The number of rotatable bonds is 6. The molecule has 4 aromatic rings. The Bertz CT molecular complexity index is 1070. The number of hydrogen-bond acceptors (Lipinski definition) is 6. The molecule has 0 spiro atoms. The summed E-state index contributed by atoms with van der Waals surface area (Å²) in [6.45, 7) is 2.36. The lowest BCUT2D eigenvalue weighted by Crippen LogP contribution is -2.24. The standard InChI is InChI=1S/C20H19N3OS3/c24-19-18-15-6-1-7-16(15)27-20(18)22-17(21-19)12-23(10-13-4-2-8-25-13)11-14-5-3-9-26-14/h2-5,8-9H,1,6-7,10-12H2,(H,21,22,24). The van der Waals surface area contributed by atoms with E-state index in [-0.39, 0.29) is 5.56 Å². The molecule has 0 aromatic carbocycles. The molecule has 4 heterocycles. The van der Waals surface area contributed by atoms with E-state index in [1.165, 1.54) is 20.2 Å². The van der Waals surface area contributed by atoms with E-state index < -0.39 is 0 Å². The van der Waals surface area contributed by atoms with Gasteiger partial charge in [0.05, 0.1) is 11.9 Å². The molecule has 1 aliphatic carbocycles. The van der Waals surface area contributed by atoms with Gasteiger partial charge < -0.3 is 4.98 Å². The Morgan fingerprint density at radius 2 is 1.78 bits per heavy atom. The van der Waals surface area contributed by atoms with Crippen LogP contribution in [0.15, 0.2) is 39.8 Å². The number of hydrogen-bond donors (Lipinski definition) is 1. The first-order valence-corrected chi connectivity index (χ1v) is 11.6. The average molecular weight is 414 g/mol. The maximum atomic E-state index is 12.7. The smallest absolute Gasteiger partial charge is 0.259 e. The maximum absolute atomic E-state index is 12.7. The van der Waals surface area contributed by atoms with Crippen molar-refractivity contribution in [3.05, 3.63) is 71.4 Å². The summed E-state index contributed by atoms with van der Waals surface area (Å²) >= 11 is 5.24. The van der Waals surface area contributed by atoms with Crippen molar-refractivity contribution >= 4 is 44.2 Å². The summed E-state index contributed by atoms with van der Waals surface area (Å²) in [5.74, 6) is 0.764. The van der Waals surface area contributed by atoms with Gasteiger partial charge in [-0.1, -0.05) is 12.1 Å². The highest BCUT2D eigenvalue weighted by Crippen LogP contribution is 2.34. The number of aromatic nitrogens is 2. The van der Waals surface area contributed by atoms with Gasteiger partial charge in [0.1, 0.15) is 10.7 Å². The Morgan fingerprint density at radius 1 is 1.04 bits per heavy atom. The Labute approximate surface area is 169 Å². The minimum Gasteiger partial charge on any atom is -0.309 e. The van der Waals surface area contributed by atoms with Crippen LogP contribution in [0.2, 0.25) is 0 Å². The molecule has 138 valence electrons. The van der Waals surface area contributed by atoms with Crippen LogP contribution in [0.1, 0.15) is 32.4 Å². The van der Waals surface area contributed by atoms with E-state index in [4.69, 9.17) is 4.98 Å². The molecular formula is C20H19N3OS3. The van der Waals surface area contributed by atoms with Crippen LogP contribution >= 0.6 is 34.0 Å². The van der Waals surface area contributed by atoms with E-state index in [2.05, 4.69) is 44.9 Å². The number of thiophene rings is 3. The minimum atomic E-state index is 0.0293. The molecule has 4 aromatic heterocycles. The molecule has 0 aliphatic heterocycles. The molecule has 1 aliphatic rings. The second-order valence-electron chi connectivity index (χ2n) is 6.85. The summed E-state index contributed by atoms with van der Waals surface area (Å²) in [6.07, 6.45) is 3.27. The molecule has 7 heteroatoms. The third-order valence-corrected chi connectivity index (χ3v) is 7.82. The quantitative estimate of drug-likeness (QED) is 0.494. The van der Waals surface area contributed by atoms with Crippen LogP contribution in [0, 0.1) is 0 Å². The first-order chi connectivity index (χ1) is 13.3. The molecule has 0 atom stereocenters. The molecule has 27 heavy (non-hydrogen) atoms. The maximum Gasteiger partial charge on any atom is 0.259 e. The van der Waals surface area contributed by atoms with E-state index in [0.717, 1.165) is 48.4 Å². The number of H-pyrrole nitrogens is 1. The summed E-state index contributed by atoms with van der Waals surface area (Å²) in [7, 11) is 0. The largest absolute Gasteiger partial charge is 0.309 e. The van der Waals surface area contributed by atoms with E-state index in [0.29, 0.717) is 6.54 Å². The van der Waals surface area contributed by atoms with E-state index in [1.54, 1.807) is 34.0 Å². The Morgan fingerprint density at radius 3 is 2.44 bits per heavy atom. The molecule has 4 nitrogen and oxygen atoms in total. The molecule has 0 fully saturated rings. The first-order valence-electron chi connectivity index (χ1n) is 9.07. The van der Waals surface area contributed by atoms with Crippen LogP contribution in [-0.2, 0) is 32.5 Å². The first kappa shape index (κ1) is 17.3. The fourth-order valence-electron chi connectivity index (χ4n) is 3.75. The molecule has 0 saturated heterocycles. The monoisotopic (exact) mass is 413 g/mol. The van der Waals surface area contributed by atoms with Gasteiger partial charge in [0, 0.05) is 27.7 Å². The van der Waals surface area contributed by atoms with E-state index >= 15 is 0 Å².